The highest BCUT2D eigenvalue weighted by molar-refractivity contribution is 7.13. The maximum atomic E-state index is 13.0. The normalized spacial score (nSPS) is 10.7. The molecular weight excluding hydrogens is 361 g/mol. The molecule has 3 aromatic rings. The molecule has 0 saturated carbocycles. The molecule has 4 nitrogen and oxygen atoms in total. The van der Waals surface area contributed by atoms with Crippen LogP contribution in [0.4, 0.5) is 10.1 Å². The number of likely N-dealkylation sites (N-methyl/N-ethyl adjacent to an activating group) is 1. The molecule has 0 N–H and O–H groups in total. The Morgan fingerprint density at radius 3 is 2.33 bits per heavy atom. The molecular formula is C21H22FN3OS. The number of nitrogens with zero attached hydrogens (tertiary/aromatic N) is 3. The second-order valence-electron chi connectivity index (χ2n) is 6.64. The summed E-state index contributed by atoms with van der Waals surface area (Å²) in [5, 5.41) is 2.68. The third-order valence-corrected chi connectivity index (χ3v) is 5.21. The second-order valence-corrected chi connectivity index (χ2v) is 7.50. The van der Waals surface area contributed by atoms with E-state index in [1.807, 2.05) is 48.6 Å². The summed E-state index contributed by atoms with van der Waals surface area (Å²) >= 11 is 1.46. The van der Waals surface area contributed by atoms with Crippen molar-refractivity contribution in [2.24, 2.45) is 0 Å². The number of benzene rings is 2. The first kappa shape index (κ1) is 19.0. The monoisotopic (exact) mass is 383 g/mol. The molecule has 140 valence electrons. The maximum absolute atomic E-state index is 13.0. The van der Waals surface area contributed by atoms with Crippen LogP contribution in [-0.2, 0) is 17.8 Å². The first-order valence-electron chi connectivity index (χ1n) is 8.63. The molecule has 1 aromatic heterocycles. The van der Waals surface area contributed by atoms with Crippen LogP contribution in [0.2, 0.25) is 0 Å². The van der Waals surface area contributed by atoms with Crippen molar-refractivity contribution in [2.75, 3.05) is 26.0 Å². The van der Waals surface area contributed by atoms with Gasteiger partial charge in [0.15, 0.2) is 0 Å². The van der Waals surface area contributed by atoms with Gasteiger partial charge in [-0.3, -0.25) is 4.79 Å². The average molecular weight is 383 g/mol. The number of rotatable bonds is 6. The molecule has 0 saturated heterocycles. The second kappa shape index (κ2) is 8.31. The SMILES string of the molecule is CN(Cc1ccc(N(C)C)cc1)C(=O)Cc1csc(-c2ccc(F)cc2)n1. The van der Waals surface area contributed by atoms with E-state index in [4.69, 9.17) is 0 Å². The van der Waals surface area contributed by atoms with Gasteiger partial charge in [0.2, 0.25) is 5.91 Å². The van der Waals surface area contributed by atoms with E-state index in [-0.39, 0.29) is 18.1 Å². The summed E-state index contributed by atoms with van der Waals surface area (Å²) in [7, 11) is 5.80. The highest BCUT2D eigenvalue weighted by Gasteiger charge is 2.13. The zero-order chi connectivity index (χ0) is 19.4. The number of aromatic nitrogens is 1. The Balaban J connectivity index is 1.60. The van der Waals surface area contributed by atoms with Crippen LogP contribution >= 0.6 is 11.3 Å². The number of thiazole rings is 1. The van der Waals surface area contributed by atoms with Crippen LogP contribution in [0.3, 0.4) is 0 Å². The van der Waals surface area contributed by atoms with Crippen molar-refractivity contribution in [3.63, 3.8) is 0 Å². The third kappa shape index (κ3) is 4.92. The van der Waals surface area contributed by atoms with Gasteiger partial charge < -0.3 is 9.80 Å². The molecule has 2 aromatic carbocycles. The molecule has 0 aliphatic rings. The van der Waals surface area contributed by atoms with Crippen molar-refractivity contribution >= 4 is 22.9 Å². The fraction of sp³-hybridized carbons (Fsp3) is 0.238. The number of anilines is 1. The standard InChI is InChI=1S/C21H22FN3OS/c1-24(2)19-10-4-15(5-11-19)13-25(3)20(26)12-18-14-27-21(23-18)16-6-8-17(22)9-7-16/h4-11,14H,12-13H2,1-3H3. The molecule has 1 heterocycles. The number of carbonyl (C=O) groups excluding carboxylic acids is 1. The first-order chi connectivity index (χ1) is 12.9. The van der Waals surface area contributed by atoms with E-state index in [0.717, 1.165) is 27.5 Å². The molecule has 0 fully saturated rings. The minimum absolute atomic E-state index is 0.0163. The molecule has 0 radical (unpaired) electrons. The van der Waals surface area contributed by atoms with Gasteiger partial charge in [-0.2, -0.15) is 0 Å². The van der Waals surface area contributed by atoms with Crippen molar-refractivity contribution in [3.05, 3.63) is 71.0 Å². The predicted octanol–water partition coefficient (Wildman–Crippen LogP) is 4.22. The zero-order valence-electron chi connectivity index (χ0n) is 15.6. The quantitative estimate of drug-likeness (QED) is 0.640. The van der Waals surface area contributed by atoms with Crippen molar-refractivity contribution in [1.29, 1.82) is 0 Å². The molecule has 0 unspecified atom stereocenters. The van der Waals surface area contributed by atoms with Crippen LogP contribution in [0.5, 0.6) is 0 Å². The van der Waals surface area contributed by atoms with E-state index >= 15 is 0 Å². The molecule has 0 bridgehead atoms. The molecule has 0 aliphatic heterocycles. The number of halogens is 1. The summed E-state index contributed by atoms with van der Waals surface area (Å²) in [6.07, 6.45) is 0.254. The number of hydrogen-bond donors (Lipinski definition) is 0. The van der Waals surface area contributed by atoms with Crippen LogP contribution in [0.1, 0.15) is 11.3 Å². The lowest BCUT2D eigenvalue weighted by molar-refractivity contribution is -0.129. The molecule has 0 aliphatic carbocycles. The Kier molecular flexibility index (Phi) is 5.86. The average Bonchev–Trinajstić information content (AvgIpc) is 3.11. The lowest BCUT2D eigenvalue weighted by atomic mass is 10.2. The van der Waals surface area contributed by atoms with Gasteiger partial charge in [0, 0.05) is 44.3 Å². The smallest absolute Gasteiger partial charge is 0.228 e. The van der Waals surface area contributed by atoms with Gasteiger partial charge in [-0.15, -0.1) is 11.3 Å². The van der Waals surface area contributed by atoms with E-state index in [2.05, 4.69) is 4.98 Å². The highest BCUT2D eigenvalue weighted by Crippen LogP contribution is 2.24. The van der Waals surface area contributed by atoms with Crippen molar-refractivity contribution in [1.82, 2.24) is 9.88 Å². The molecule has 3 rings (SSSR count). The van der Waals surface area contributed by atoms with Gasteiger partial charge in [-0.25, -0.2) is 9.37 Å². The highest BCUT2D eigenvalue weighted by atomic mass is 32.1. The van der Waals surface area contributed by atoms with Crippen molar-refractivity contribution in [2.45, 2.75) is 13.0 Å². The number of carbonyl (C=O) groups is 1. The summed E-state index contributed by atoms with van der Waals surface area (Å²) in [6, 6.07) is 14.4. The third-order valence-electron chi connectivity index (χ3n) is 4.27. The van der Waals surface area contributed by atoms with E-state index < -0.39 is 0 Å². The fourth-order valence-electron chi connectivity index (χ4n) is 2.66. The molecule has 0 spiro atoms. The fourth-order valence-corrected chi connectivity index (χ4v) is 3.49. The van der Waals surface area contributed by atoms with Gasteiger partial charge in [-0.1, -0.05) is 12.1 Å². The van der Waals surface area contributed by atoms with Crippen LogP contribution in [0.15, 0.2) is 53.9 Å². The summed E-state index contributed by atoms with van der Waals surface area (Å²) in [5.41, 5.74) is 3.80. The van der Waals surface area contributed by atoms with Gasteiger partial charge in [0.25, 0.3) is 0 Å². The predicted molar refractivity (Wildman–Crippen MR) is 108 cm³/mol. The topological polar surface area (TPSA) is 36.4 Å². The Morgan fingerprint density at radius 1 is 1.04 bits per heavy atom. The van der Waals surface area contributed by atoms with Gasteiger partial charge in [0.05, 0.1) is 12.1 Å². The Labute approximate surface area is 162 Å². The minimum atomic E-state index is -0.272. The van der Waals surface area contributed by atoms with Crippen LogP contribution in [0.25, 0.3) is 10.6 Å². The van der Waals surface area contributed by atoms with E-state index in [9.17, 15) is 9.18 Å². The van der Waals surface area contributed by atoms with Crippen LogP contribution in [-0.4, -0.2) is 36.9 Å². The molecule has 0 atom stereocenters. The lowest BCUT2D eigenvalue weighted by Gasteiger charge is -2.18. The number of amides is 1. The van der Waals surface area contributed by atoms with Crippen LogP contribution in [0, 0.1) is 5.82 Å². The van der Waals surface area contributed by atoms with E-state index in [1.54, 1.807) is 24.1 Å². The van der Waals surface area contributed by atoms with E-state index in [0.29, 0.717) is 6.54 Å². The molecule has 6 heteroatoms. The van der Waals surface area contributed by atoms with Gasteiger partial charge >= 0.3 is 0 Å². The first-order valence-corrected chi connectivity index (χ1v) is 9.51. The number of hydrogen-bond acceptors (Lipinski definition) is 4. The molecule has 1 amide bonds. The summed E-state index contributed by atoms with van der Waals surface area (Å²) in [5.74, 6) is -0.256. The Morgan fingerprint density at radius 2 is 1.70 bits per heavy atom. The molecule has 27 heavy (non-hydrogen) atoms. The zero-order valence-corrected chi connectivity index (χ0v) is 16.5. The lowest BCUT2D eigenvalue weighted by Crippen LogP contribution is -2.27. The summed E-state index contributed by atoms with van der Waals surface area (Å²) in [4.78, 5) is 20.8. The summed E-state index contributed by atoms with van der Waals surface area (Å²) < 4.78 is 13.0. The van der Waals surface area contributed by atoms with Crippen LogP contribution < -0.4 is 4.90 Å². The summed E-state index contributed by atoms with van der Waals surface area (Å²) in [6.45, 7) is 0.557. The van der Waals surface area contributed by atoms with E-state index in [1.165, 1.54) is 23.5 Å². The Bertz CT molecular complexity index is 904. The largest absolute Gasteiger partial charge is 0.378 e. The van der Waals surface area contributed by atoms with Crippen molar-refractivity contribution in [3.8, 4) is 10.6 Å². The van der Waals surface area contributed by atoms with Gasteiger partial charge in [0.1, 0.15) is 10.8 Å². The minimum Gasteiger partial charge on any atom is -0.378 e. The Hall–Kier alpha value is -2.73. The van der Waals surface area contributed by atoms with Gasteiger partial charge in [-0.05, 0) is 42.0 Å². The van der Waals surface area contributed by atoms with Crippen molar-refractivity contribution < 1.29 is 9.18 Å². The maximum Gasteiger partial charge on any atom is 0.228 e.